The van der Waals surface area contributed by atoms with E-state index in [-0.39, 0.29) is 0 Å². The first-order chi connectivity index (χ1) is 6.08. The molecule has 0 aliphatic rings. The van der Waals surface area contributed by atoms with E-state index >= 15 is 0 Å². The number of hydrogen-bond donors (Lipinski definition) is 1. The Morgan fingerprint density at radius 1 is 1.38 bits per heavy atom. The zero-order chi connectivity index (χ0) is 9.84. The maximum atomic E-state index is 5.73. The molecule has 0 saturated carbocycles. The molecule has 0 spiro atoms. The second kappa shape index (κ2) is 4.91. The minimum absolute atomic E-state index is 0.667. The molecule has 0 radical (unpaired) electrons. The Kier molecular flexibility index (Phi) is 4.13. The van der Waals surface area contributed by atoms with Crippen molar-refractivity contribution < 1.29 is 0 Å². The van der Waals surface area contributed by atoms with Crippen LogP contribution < -0.4 is 5.73 Å². The van der Waals surface area contributed by atoms with E-state index in [4.69, 9.17) is 5.73 Å². The highest BCUT2D eigenvalue weighted by molar-refractivity contribution is 9.10. The van der Waals surface area contributed by atoms with Crippen molar-refractivity contribution in [3.8, 4) is 0 Å². The van der Waals surface area contributed by atoms with E-state index in [9.17, 15) is 0 Å². The molecule has 3 heteroatoms. The minimum atomic E-state index is 0.667. The van der Waals surface area contributed by atoms with Crippen LogP contribution in [0.4, 0.5) is 5.69 Å². The van der Waals surface area contributed by atoms with Crippen LogP contribution in [0.15, 0.2) is 22.7 Å². The van der Waals surface area contributed by atoms with E-state index in [0.29, 0.717) is 5.25 Å². The summed E-state index contributed by atoms with van der Waals surface area (Å²) in [6, 6.07) is 6.06. The topological polar surface area (TPSA) is 26.0 Å². The number of benzene rings is 1. The third kappa shape index (κ3) is 4.05. The molecule has 0 unspecified atom stereocenters. The van der Waals surface area contributed by atoms with Crippen LogP contribution in [0.1, 0.15) is 19.4 Å². The van der Waals surface area contributed by atoms with Gasteiger partial charge in [0.2, 0.25) is 0 Å². The standard InChI is InChI=1S/C10H14BrNS/c1-7(2)13-6-8-3-9(11)5-10(12)4-8/h3-5,7H,6,12H2,1-2H3. The van der Waals surface area contributed by atoms with Gasteiger partial charge in [0.05, 0.1) is 0 Å². The SMILES string of the molecule is CC(C)SCc1cc(N)cc(Br)c1. The Labute approximate surface area is 92.2 Å². The van der Waals surface area contributed by atoms with E-state index in [2.05, 4.69) is 35.8 Å². The van der Waals surface area contributed by atoms with Crippen molar-refractivity contribution in [1.82, 2.24) is 0 Å². The number of nitrogen functional groups attached to an aromatic ring is 1. The lowest BCUT2D eigenvalue weighted by atomic mass is 10.2. The maximum absolute atomic E-state index is 5.73. The van der Waals surface area contributed by atoms with Gasteiger partial charge in [-0.1, -0.05) is 29.8 Å². The van der Waals surface area contributed by atoms with Crippen LogP contribution in [0, 0.1) is 0 Å². The molecule has 0 atom stereocenters. The molecule has 0 heterocycles. The molecular weight excluding hydrogens is 246 g/mol. The first kappa shape index (κ1) is 10.9. The number of nitrogens with two attached hydrogens (primary N) is 1. The van der Waals surface area contributed by atoms with E-state index in [1.807, 2.05) is 23.9 Å². The van der Waals surface area contributed by atoms with Crippen LogP contribution >= 0.6 is 27.7 Å². The van der Waals surface area contributed by atoms with Crippen molar-refractivity contribution in [2.24, 2.45) is 0 Å². The Hall–Kier alpha value is -0.150. The molecule has 2 N–H and O–H groups in total. The summed E-state index contributed by atoms with van der Waals surface area (Å²) in [7, 11) is 0. The summed E-state index contributed by atoms with van der Waals surface area (Å²) >= 11 is 5.36. The van der Waals surface area contributed by atoms with Gasteiger partial charge >= 0.3 is 0 Å². The van der Waals surface area contributed by atoms with Gasteiger partial charge in [0, 0.05) is 15.9 Å². The van der Waals surface area contributed by atoms with Crippen molar-refractivity contribution >= 4 is 33.4 Å². The van der Waals surface area contributed by atoms with Crippen molar-refractivity contribution in [3.63, 3.8) is 0 Å². The highest BCUT2D eigenvalue weighted by Crippen LogP contribution is 2.22. The monoisotopic (exact) mass is 259 g/mol. The van der Waals surface area contributed by atoms with Crippen molar-refractivity contribution in [2.45, 2.75) is 24.9 Å². The molecule has 0 aliphatic carbocycles. The Balaban J connectivity index is 2.66. The van der Waals surface area contributed by atoms with Crippen molar-refractivity contribution in [1.29, 1.82) is 0 Å². The second-order valence-corrected chi connectivity index (χ2v) is 5.73. The third-order valence-electron chi connectivity index (χ3n) is 1.56. The smallest absolute Gasteiger partial charge is 0.0328 e. The van der Waals surface area contributed by atoms with E-state index in [1.165, 1.54) is 5.56 Å². The second-order valence-electron chi connectivity index (χ2n) is 3.25. The summed E-state index contributed by atoms with van der Waals surface area (Å²) in [6.45, 7) is 4.40. The van der Waals surface area contributed by atoms with Gasteiger partial charge in [-0.25, -0.2) is 0 Å². The number of thioether (sulfide) groups is 1. The van der Waals surface area contributed by atoms with Gasteiger partial charge in [0.25, 0.3) is 0 Å². The Morgan fingerprint density at radius 3 is 2.62 bits per heavy atom. The van der Waals surface area contributed by atoms with Gasteiger partial charge in [0.15, 0.2) is 0 Å². The van der Waals surface area contributed by atoms with Crippen molar-refractivity contribution in [2.75, 3.05) is 5.73 Å². The van der Waals surface area contributed by atoms with Gasteiger partial charge < -0.3 is 5.73 Å². The van der Waals surface area contributed by atoms with E-state index in [1.54, 1.807) is 0 Å². The Bertz CT molecular complexity index is 266. The van der Waals surface area contributed by atoms with Crippen LogP contribution in [-0.2, 0) is 5.75 Å². The summed E-state index contributed by atoms with van der Waals surface area (Å²) in [4.78, 5) is 0. The predicted octanol–water partition coefficient (Wildman–Crippen LogP) is 3.67. The fraction of sp³-hybridized carbons (Fsp3) is 0.400. The normalized spacial score (nSPS) is 10.8. The molecule has 0 bridgehead atoms. The summed E-state index contributed by atoms with van der Waals surface area (Å²) in [5, 5.41) is 0.667. The fourth-order valence-electron chi connectivity index (χ4n) is 1.02. The molecule has 0 amide bonds. The van der Waals surface area contributed by atoms with Gasteiger partial charge in [-0.15, -0.1) is 0 Å². The van der Waals surface area contributed by atoms with Gasteiger partial charge in [-0.3, -0.25) is 0 Å². The average molecular weight is 260 g/mol. The lowest BCUT2D eigenvalue weighted by molar-refractivity contribution is 1.11. The lowest BCUT2D eigenvalue weighted by Gasteiger charge is -2.06. The summed E-state index contributed by atoms with van der Waals surface area (Å²) in [5.74, 6) is 1.03. The van der Waals surface area contributed by atoms with E-state index < -0.39 is 0 Å². The predicted molar refractivity (Wildman–Crippen MR) is 65.0 cm³/mol. The quantitative estimate of drug-likeness (QED) is 0.839. The maximum Gasteiger partial charge on any atom is 0.0328 e. The van der Waals surface area contributed by atoms with Crippen LogP contribution in [0.25, 0.3) is 0 Å². The zero-order valence-electron chi connectivity index (χ0n) is 7.88. The summed E-state index contributed by atoms with van der Waals surface area (Å²) < 4.78 is 1.06. The molecule has 0 saturated heterocycles. The summed E-state index contributed by atoms with van der Waals surface area (Å²) in [5.41, 5.74) is 7.84. The lowest BCUT2D eigenvalue weighted by Crippen LogP contribution is -1.91. The van der Waals surface area contributed by atoms with Crippen LogP contribution in [0.5, 0.6) is 0 Å². The molecule has 1 nitrogen and oxygen atoms in total. The molecule has 1 aromatic carbocycles. The first-order valence-corrected chi connectivity index (χ1v) is 6.08. The van der Waals surface area contributed by atoms with Crippen LogP contribution in [0.2, 0.25) is 0 Å². The number of rotatable bonds is 3. The average Bonchev–Trinajstić information content (AvgIpc) is 1.99. The third-order valence-corrected chi connectivity index (χ3v) is 3.19. The largest absolute Gasteiger partial charge is 0.399 e. The molecule has 13 heavy (non-hydrogen) atoms. The molecule has 0 fully saturated rings. The molecular formula is C10H14BrNS. The molecule has 72 valence electrons. The first-order valence-electron chi connectivity index (χ1n) is 4.24. The number of halogens is 1. The van der Waals surface area contributed by atoms with Crippen LogP contribution in [-0.4, -0.2) is 5.25 Å². The van der Waals surface area contributed by atoms with E-state index in [0.717, 1.165) is 15.9 Å². The van der Waals surface area contributed by atoms with Crippen LogP contribution in [0.3, 0.4) is 0 Å². The van der Waals surface area contributed by atoms with Gasteiger partial charge in [-0.05, 0) is 29.0 Å². The van der Waals surface area contributed by atoms with Gasteiger partial charge in [-0.2, -0.15) is 11.8 Å². The molecule has 0 aliphatic heterocycles. The highest BCUT2D eigenvalue weighted by atomic mass is 79.9. The number of anilines is 1. The van der Waals surface area contributed by atoms with Crippen molar-refractivity contribution in [3.05, 3.63) is 28.2 Å². The summed E-state index contributed by atoms with van der Waals surface area (Å²) in [6.07, 6.45) is 0. The highest BCUT2D eigenvalue weighted by Gasteiger charge is 1.99. The molecule has 1 aromatic rings. The zero-order valence-corrected chi connectivity index (χ0v) is 10.3. The Morgan fingerprint density at radius 2 is 2.08 bits per heavy atom. The number of hydrogen-bond acceptors (Lipinski definition) is 2. The molecule has 1 rings (SSSR count). The van der Waals surface area contributed by atoms with Gasteiger partial charge in [0.1, 0.15) is 0 Å². The fourth-order valence-corrected chi connectivity index (χ4v) is 2.27. The minimum Gasteiger partial charge on any atom is -0.399 e. The molecule has 0 aromatic heterocycles.